The maximum absolute atomic E-state index is 9.14. The molecule has 1 N–H and O–H groups in total. The number of hydrogen-bond donors (Lipinski definition) is 1. The zero-order valence-corrected chi connectivity index (χ0v) is 9.29. The first-order valence-electron chi connectivity index (χ1n) is 4.37. The van der Waals surface area contributed by atoms with Crippen LogP contribution < -0.4 is 0 Å². The van der Waals surface area contributed by atoms with Crippen LogP contribution in [0.2, 0.25) is 0 Å². The zero-order valence-electron chi connectivity index (χ0n) is 9.29. The first kappa shape index (κ1) is 13.1. The molecular weight excluding hydrogens is 190 g/mol. The lowest BCUT2D eigenvalue weighted by Crippen LogP contribution is -2.51. The van der Waals surface area contributed by atoms with Gasteiger partial charge in [-0.1, -0.05) is 0 Å². The van der Waals surface area contributed by atoms with Crippen LogP contribution in [-0.4, -0.2) is 5.54 Å². The van der Waals surface area contributed by atoms with Crippen LogP contribution in [0.4, 0.5) is 0 Å². The van der Waals surface area contributed by atoms with Crippen LogP contribution >= 0.6 is 0 Å². The lowest BCUT2D eigenvalue weighted by atomic mass is 9.61. The van der Waals surface area contributed by atoms with Crippen LogP contribution in [0.15, 0.2) is 5.11 Å². The lowest BCUT2D eigenvalue weighted by molar-refractivity contribution is 0.165. The van der Waals surface area contributed by atoms with Gasteiger partial charge in [-0.15, -0.1) is 0 Å². The molecule has 0 aliphatic rings. The number of nitriles is 3. The van der Waals surface area contributed by atoms with Crippen LogP contribution in [0.5, 0.6) is 0 Å². The molecule has 0 amide bonds. The third-order valence-corrected chi connectivity index (χ3v) is 2.70. The fraction of sp³-hybridized carbons (Fsp3) is 0.700. The van der Waals surface area contributed by atoms with Crippen LogP contribution in [0.1, 0.15) is 27.7 Å². The molecule has 0 aromatic heterocycles. The van der Waals surface area contributed by atoms with Gasteiger partial charge in [0.15, 0.2) is 0 Å². The molecule has 0 fully saturated rings. The van der Waals surface area contributed by atoms with E-state index >= 15 is 0 Å². The minimum atomic E-state index is -1.65. The van der Waals surface area contributed by atoms with E-state index < -0.39 is 16.4 Å². The van der Waals surface area contributed by atoms with Gasteiger partial charge in [-0.25, -0.2) is 5.53 Å². The molecule has 0 saturated heterocycles. The second-order valence-corrected chi connectivity index (χ2v) is 4.41. The average molecular weight is 203 g/mol. The third kappa shape index (κ3) is 1.55. The van der Waals surface area contributed by atoms with Gasteiger partial charge in [0.05, 0.1) is 29.0 Å². The molecule has 0 atom stereocenters. The van der Waals surface area contributed by atoms with E-state index in [9.17, 15) is 0 Å². The Labute approximate surface area is 89.4 Å². The van der Waals surface area contributed by atoms with Crippen molar-refractivity contribution in [1.82, 2.24) is 0 Å². The lowest BCUT2D eigenvalue weighted by Gasteiger charge is -2.39. The molecule has 0 spiro atoms. The second kappa shape index (κ2) is 3.67. The van der Waals surface area contributed by atoms with Crippen LogP contribution in [-0.2, 0) is 0 Å². The molecule has 15 heavy (non-hydrogen) atoms. The fourth-order valence-electron chi connectivity index (χ4n) is 1.53. The van der Waals surface area contributed by atoms with E-state index in [1.807, 2.05) is 18.2 Å². The highest BCUT2D eigenvalue weighted by Gasteiger charge is 2.58. The molecule has 5 heteroatoms. The quantitative estimate of drug-likeness (QED) is 0.711. The predicted molar refractivity (Wildman–Crippen MR) is 52.3 cm³/mol. The summed E-state index contributed by atoms with van der Waals surface area (Å²) in [4.78, 5) is 0. The molecule has 0 radical (unpaired) electrons. The summed E-state index contributed by atoms with van der Waals surface area (Å²) in [6.45, 7) is 6.03. The van der Waals surface area contributed by atoms with Gasteiger partial charge in [0.1, 0.15) is 0 Å². The molecule has 5 nitrogen and oxygen atoms in total. The Kier molecular flexibility index (Phi) is 3.20. The highest BCUT2D eigenvalue weighted by molar-refractivity contribution is 5.30. The summed E-state index contributed by atoms with van der Waals surface area (Å²) < 4.78 is 0. The van der Waals surface area contributed by atoms with E-state index in [-0.39, 0.29) is 0 Å². The smallest absolute Gasteiger partial charge is 0.202 e. The summed E-state index contributed by atoms with van der Waals surface area (Å²) in [5, 5.41) is 30.4. The molecular formula is C10H13N5. The maximum Gasteiger partial charge on any atom is 0.202 e. The number of nitrogens with zero attached hydrogens (tertiary/aromatic N) is 4. The summed E-state index contributed by atoms with van der Waals surface area (Å²) in [5.74, 6) is 0. The van der Waals surface area contributed by atoms with Crippen molar-refractivity contribution in [1.29, 1.82) is 21.3 Å². The summed E-state index contributed by atoms with van der Waals surface area (Å²) in [7, 11) is 0. The van der Waals surface area contributed by atoms with Crippen molar-refractivity contribution in [3.05, 3.63) is 0 Å². The molecule has 0 rings (SSSR count). The Morgan fingerprint density at radius 1 is 0.867 bits per heavy atom. The monoisotopic (exact) mass is 203 g/mol. The summed E-state index contributed by atoms with van der Waals surface area (Å²) in [5.41, 5.74) is 3.09. The number of nitrogens with one attached hydrogen (secondary N) is 1. The van der Waals surface area contributed by atoms with E-state index in [1.54, 1.807) is 0 Å². The van der Waals surface area contributed by atoms with Crippen molar-refractivity contribution >= 4 is 0 Å². The Morgan fingerprint density at radius 2 is 1.20 bits per heavy atom. The molecule has 78 valence electrons. The van der Waals surface area contributed by atoms with Gasteiger partial charge in [0, 0.05) is 0 Å². The number of rotatable bonds is 3. The van der Waals surface area contributed by atoms with Gasteiger partial charge >= 0.3 is 0 Å². The highest BCUT2D eigenvalue weighted by Crippen LogP contribution is 2.46. The summed E-state index contributed by atoms with van der Waals surface area (Å²) in [6.07, 6.45) is 0. The first-order valence-corrected chi connectivity index (χ1v) is 4.37. The van der Waals surface area contributed by atoms with Crippen molar-refractivity contribution in [2.45, 2.75) is 33.2 Å². The summed E-state index contributed by atoms with van der Waals surface area (Å²) in [6, 6.07) is 5.72. The first-order chi connectivity index (χ1) is 6.74. The molecule has 0 bridgehead atoms. The Bertz CT molecular complexity index is 360. The standard InChI is InChI=1S/C10H13N5/c1-8(2,5-11)10(7-13,15-14)9(3,4)6-12/h14H,1-4H3. The predicted octanol–water partition coefficient (Wildman–Crippen LogP) is 2.38. The van der Waals surface area contributed by atoms with E-state index in [1.165, 1.54) is 27.7 Å². The molecule has 0 aromatic carbocycles. The minimum absolute atomic E-state index is 1.19. The molecule has 0 saturated carbocycles. The van der Waals surface area contributed by atoms with Crippen molar-refractivity contribution in [2.24, 2.45) is 15.9 Å². The molecule has 0 aliphatic heterocycles. The van der Waals surface area contributed by atoms with Crippen LogP contribution in [0.3, 0.4) is 0 Å². The van der Waals surface area contributed by atoms with Gasteiger partial charge in [0.2, 0.25) is 5.54 Å². The number of hydrogen-bond acceptors (Lipinski definition) is 5. The van der Waals surface area contributed by atoms with E-state index in [4.69, 9.17) is 21.3 Å². The Hall–Kier alpha value is -1.93. The van der Waals surface area contributed by atoms with Gasteiger partial charge < -0.3 is 0 Å². The van der Waals surface area contributed by atoms with E-state index in [0.29, 0.717) is 0 Å². The largest absolute Gasteiger partial charge is 0.208 e. The van der Waals surface area contributed by atoms with Crippen LogP contribution in [0, 0.1) is 50.4 Å². The Morgan fingerprint density at radius 3 is 1.33 bits per heavy atom. The Balaban J connectivity index is 5.96. The topological polar surface area (TPSA) is 108 Å². The van der Waals surface area contributed by atoms with Crippen molar-refractivity contribution in [2.75, 3.05) is 0 Å². The van der Waals surface area contributed by atoms with Gasteiger partial charge in [-0.05, 0) is 27.7 Å². The normalized spacial score (nSPS) is 12.1. The molecule has 0 aromatic rings. The average Bonchev–Trinajstić information content (AvgIpc) is 2.19. The maximum atomic E-state index is 9.14. The molecule has 0 unspecified atom stereocenters. The van der Waals surface area contributed by atoms with E-state index in [2.05, 4.69) is 5.11 Å². The zero-order chi connectivity index (χ0) is 12.3. The van der Waals surface area contributed by atoms with Gasteiger partial charge in [-0.2, -0.15) is 20.9 Å². The SMILES string of the molecule is CC(C)(C#N)C(C#N)(N=N)C(C)(C)C#N. The van der Waals surface area contributed by atoms with Crippen molar-refractivity contribution in [3.8, 4) is 18.2 Å². The summed E-state index contributed by atoms with van der Waals surface area (Å²) >= 11 is 0. The van der Waals surface area contributed by atoms with E-state index in [0.717, 1.165) is 0 Å². The fourth-order valence-corrected chi connectivity index (χ4v) is 1.53. The van der Waals surface area contributed by atoms with Gasteiger partial charge in [-0.3, -0.25) is 0 Å². The molecule has 0 aliphatic carbocycles. The highest BCUT2D eigenvalue weighted by atomic mass is 15.1. The van der Waals surface area contributed by atoms with Crippen molar-refractivity contribution in [3.63, 3.8) is 0 Å². The third-order valence-electron chi connectivity index (χ3n) is 2.70. The minimum Gasteiger partial charge on any atom is -0.208 e. The second-order valence-electron chi connectivity index (χ2n) is 4.41. The molecule has 0 heterocycles. The van der Waals surface area contributed by atoms with Gasteiger partial charge in [0.25, 0.3) is 0 Å². The van der Waals surface area contributed by atoms with Crippen molar-refractivity contribution < 1.29 is 0 Å². The van der Waals surface area contributed by atoms with Crippen LogP contribution in [0.25, 0.3) is 0 Å².